The Labute approximate surface area is 298 Å². The van der Waals surface area contributed by atoms with Gasteiger partial charge in [0.15, 0.2) is 11.4 Å². The maximum atomic E-state index is 14.6. The maximum absolute atomic E-state index is 14.6. The molecule has 262 valence electrons. The number of rotatable bonds is 9. The molecule has 0 aliphatic heterocycles. The van der Waals surface area contributed by atoms with Crippen molar-refractivity contribution < 1.29 is 38.9 Å². The molecule has 12 heteroatoms. The zero-order valence-electron chi connectivity index (χ0n) is 28.3. The number of nitriles is 2. The first kappa shape index (κ1) is 35.8. The third-order valence-electron chi connectivity index (χ3n) is 9.95. The fraction of sp³-hybridized carbons (Fsp3) is 0.250. The van der Waals surface area contributed by atoms with Crippen LogP contribution in [0.3, 0.4) is 0 Å². The minimum atomic E-state index is -4.03. The van der Waals surface area contributed by atoms with Crippen LogP contribution in [0, 0.1) is 36.5 Å². The number of aryl methyl sites for hydroxylation is 2. The van der Waals surface area contributed by atoms with E-state index in [1.54, 1.807) is 26.0 Å². The van der Waals surface area contributed by atoms with Crippen molar-refractivity contribution in [3.63, 3.8) is 0 Å². The average molecular weight is 699 g/mol. The van der Waals surface area contributed by atoms with E-state index in [1.165, 1.54) is 72.8 Å². The van der Waals surface area contributed by atoms with Crippen molar-refractivity contribution in [2.45, 2.75) is 62.2 Å². The summed E-state index contributed by atoms with van der Waals surface area (Å²) in [6.07, 6.45) is 0.115. The molecule has 0 heterocycles. The molecule has 0 aromatic heterocycles. The van der Waals surface area contributed by atoms with E-state index in [-0.39, 0.29) is 59.1 Å². The Kier molecular flexibility index (Phi) is 8.91. The highest BCUT2D eigenvalue weighted by Crippen LogP contribution is 2.43. The second-order valence-corrected chi connectivity index (χ2v) is 13.3. The molecule has 6 rings (SSSR count). The summed E-state index contributed by atoms with van der Waals surface area (Å²) in [5.74, 6) is -7.01. The lowest BCUT2D eigenvalue weighted by molar-refractivity contribution is -0.211. The van der Waals surface area contributed by atoms with Crippen LogP contribution in [0.15, 0.2) is 84.9 Å². The Morgan fingerprint density at radius 3 is 1.31 bits per heavy atom. The predicted octanol–water partition coefficient (Wildman–Crippen LogP) is 3.18. The van der Waals surface area contributed by atoms with E-state index in [0.717, 1.165) is 0 Å². The topological polar surface area (TPSA) is 227 Å². The molecule has 0 spiro atoms. The Balaban J connectivity index is 1.54. The first-order valence-corrected chi connectivity index (χ1v) is 16.4. The second-order valence-electron chi connectivity index (χ2n) is 13.3. The van der Waals surface area contributed by atoms with E-state index >= 15 is 0 Å². The van der Waals surface area contributed by atoms with Crippen LogP contribution < -0.4 is 11.5 Å². The molecule has 0 radical (unpaired) electrons. The number of Topliss-reactive ketones (excluding diaryl/α,β-unsaturated/α-hetero) is 2. The molecule has 6 N–H and O–H groups in total. The average Bonchev–Trinajstić information content (AvgIpc) is 3.66. The van der Waals surface area contributed by atoms with Crippen LogP contribution in [0.4, 0.5) is 0 Å². The summed E-state index contributed by atoms with van der Waals surface area (Å²) in [5.41, 5.74) is 3.46. The van der Waals surface area contributed by atoms with Gasteiger partial charge in [0.1, 0.15) is 0 Å². The van der Waals surface area contributed by atoms with Crippen LogP contribution in [-0.4, -0.2) is 44.9 Å². The van der Waals surface area contributed by atoms with Crippen molar-refractivity contribution in [1.29, 1.82) is 10.5 Å². The highest BCUT2D eigenvalue weighted by atomic mass is 16.6. The van der Waals surface area contributed by atoms with Gasteiger partial charge in [0.05, 0.1) is 23.3 Å². The van der Waals surface area contributed by atoms with Gasteiger partial charge in [0.25, 0.3) is 11.2 Å². The van der Waals surface area contributed by atoms with E-state index in [0.29, 0.717) is 22.3 Å². The first-order valence-electron chi connectivity index (χ1n) is 16.4. The maximum Gasteiger partial charge on any atom is 0.352 e. The lowest BCUT2D eigenvalue weighted by Crippen LogP contribution is -2.73. The van der Waals surface area contributed by atoms with Gasteiger partial charge in [0.2, 0.25) is 11.6 Å². The Morgan fingerprint density at radius 1 is 0.635 bits per heavy atom. The standard InChI is InChI=1S/C40H34N4O8/c1-23-9-13-25(14-10-23)33(45)39(49,35(47)51-37(43)19-17-29-27(21-41)5-3-7-31(29)37)40(50,34(46)26-15-11-24(2)12-16-26)36(48)52-38(44)20-18-30-28(22-42)6-4-8-32(30)38/h3-16,49-50H,17-20,43-44H2,1-2H3/t37-,38-,39?,40?/m0/s1. The molecule has 2 aliphatic carbocycles. The van der Waals surface area contributed by atoms with Crippen LogP contribution in [-0.2, 0) is 43.4 Å². The number of hydrogen-bond acceptors (Lipinski definition) is 12. The number of fused-ring (bicyclic) bond motifs is 2. The largest absolute Gasteiger partial charge is 0.437 e. The van der Waals surface area contributed by atoms with Crippen molar-refractivity contribution in [2.24, 2.45) is 11.5 Å². The summed E-state index contributed by atoms with van der Waals surface area (Å²) >= 11 is 0. The molecule has 52 heavy (non-hydrogen) atoms. The summed E-state index contributed by atoms with van der Waals surface area (Å²) in [6, 6.07) is 24.1. The van der Waals surface area contributed by atoms with Crippen LogP contribution in [0.5, 0.6) is 0 Å². The number of aliphatic hydroxyl groups is 2. The monoisotopic (exact) mass is 698 g/mol. The quantitative estimate of drug-likeness (QED) is 0.0856. The number of nitrogens with two attached hydrogens (primary N) is 2. The number of benzene rings is 4. The SMILES string of the molecule is Cc1ccc(C(=O)C(O)(C(=O)O[C@@]2(N)CCc3c(C#N)cccc32)C(O)(C(=O)O[C@@]2(N)CCc3c(C#N)cccc32)C(=O)c2ccc(C)cc2)cc1. The number of nitrogens with zero attached hydrogens (tertiary/aromatic N) is 2. The molecule has 4 atom stereocenters. The molecule has 4 aromatic rings. The van der Waals surface area contributed by atoms with Gasteiger partial charge >= 0.3 is 11.9 Å². The van der Waals surface area contributed by atoms with Crippen molar-refractivity contribution in [3.8, 4) is 12.1 Å². The van der Waals surface area contributed by atoms with E-state index in [2.05, 4.69) is 0 Å². The fourth-order valence-corrected chi connectivity index (χ4v) is 6.93. The number of esters is 2. The van der Waals surface area contributed by atoms with Gasteiger partial charge in [-0.05, 0) is 49.9 Å². The van der Waals surface area contributed by atoms with E-state index in [4.69, 9.17) is 20.9 Å². The van der Waals surface area contributed by atoms with E-state index in [9.17, 15) is 39.9 Å². The molecular formula is C40H34N4O8. The van der Waals surface area contributed by atoms with Gasteiger partial charge in [-0.1, -0.05) is 83.9 Å². The van der Waals surface area contributed by atoms with E-state index in [1.807, 2.05) is 12.1 Å². The summed E-state index contributed by atoms with van der Waals surface area (Å²) in [5, 5.41) is 44.5. The Hall–Kier alpha value is -6.02. The molecule has 0 saturated heterocycles. The molecule has 2 unspecified atom stereocenters. The zero-order valence-corrected chi connectivity index (χ0v) is 28.3. The van der Waals surface area contributed by atoms with Crippen molar-refractivity contribution in [2.75, 3.05) is 0 Å². The zero-order chi connectivity index (χ0) is 37.6. The lowest BCUT2D eigenvalue weighted by Gasteiger charge is -2.40. The number of ether oxygens (including phenoxy) is 2. The van der Waals surface area contributed by atoms with Gasteiger partial charge in [-0.2, -0.15) is 10.5 Å². The summed E-state index contributed by atoms with van der Waals surface area (Å²) in [6.45, 7) is 3.43. The summed E-state index contributed by atoms with van der Waals surface area (Å²) in [4.78, 5) is 58.3. The second kappa shape index (κ2) is 12.9. The Morgan fingerprint density at radius 2 is 0.981 bits per heavy atom. The smallest absolute Gasteiger partial charge is 0.352 e. The number of hydrogen-bond donors (Lipinski definition) is 4. The van der Waals surface area contributed by atoms with Crippen molar-refractivity contribution in [3.05, 3.63) is 141 Å². The van der Waals surface area contributed by atoms with Gasteiger partial charge in [0, 0.05) is 35.1 Å². The van der Waals surface area contributed by atoms with Crippen LogP contribution >= 0.6 is 0 Å². The summed E-state index contributed by atoms with van der Waals surface area (Å²) in [7, 11) is 0. The molecule has 2 aliphatic rings. The molecule has 4 aromatic carbocycles. The first-order chi connectivity index (χ1) is 24.6. The van der Waals surface area contributed by atoms with Gasteiger partial charge < -0.3 is 19.7 Å². The molecule has 12 nitrogen and oxygen atoms in total. The van der Waals surface area contributed by atoms with Crippen LogP contribution in [0.25, 0.3) is 0 Å². The summed E-state index contributed by atoms with van der Waals surface area (Å²) < 4.78 is 11.4. The number of carbonyl (C=O) groups is 4. The predicted molar refractivity (Wildman–Crippen MR) is 184 cm³/mol. The third-order valence-corrected chi connectivity index (χ3v) is 9.95. The van der Waals surface area contributed by atoms with E-state index < -0.39 is 46.2 Å². The van der Waals surface area contributed by atoms with Gasteiger partial charge in [-0.15, -0.1) is 0 Å². The third kappa shape index (κ3) is 5.55. The van der Waals surface area contributed by atoms with Crippen molar-refractivity contribution in [1.82, 2.24) is 0 Å². The van der Waals surface area contributed by atoms with Gasteiger partial charge in [-0.25, -0.2) is 9.59 Å². The van der Waals surface area contributed by atoms with Gasteiger partial charge in [-0.3, -0.25) is 21.1 Å². The minimum Gasteiger partial charge on any atom is -0.437 e. The van der Waals surface area contributed by atoms with Crippen molar-refractivity contribution >= 4 is 23.5 Å². The van der Waals surface area contributed by atoms with Crippen LogP contribution in [0.2, 0.25) is 0 Å². The number of carbonyl (C=O) groups excluding carboxylic acids is 4. The minimum absolute atomic E-state index is 0.111. The highest BCUT2D eigenvalue weighted by molar-refractivity contribution is 6.29. The Bertz CT molecular complexity index is 2080. The molecule has 0 bridgehead atoms. The normalized spacial score (nSPS) is 20.9. The lowest BCUT2D eigenvalue weighted by atomic mass is 9.72. The molecular weight excluding hydrogens is 664 g/mol. The van der Waals surface area contributed by atoms with Crippen LogP contribution in [0.1, 0.15) is 78.1 Å². The fourth-order valence-electron chi connectivity index (χ4n) is 6.93. The molecule has 0 saturated carbocycles. The molecule has 0 amide bonds. The highest BCUT2D eigenvalue weighted by Gasteiger charge is 2.72. The molecule has 0 fully saturated rings. The number of ketones is 2.